The van der Waals surface area contributed by atoms with E-state index in [1.54, 1.807) is 54.2 Å². The molecule has 0 radical (unpaired) electrons. The Morgan fingerprint density at radius 2 is 1.79 bits per heavy atom. The second-order valence-corrected chi connectivity index (χ2v) is 7.46. The molecule has 0 fully saturated rings. The molecule has 2 rings (SSSR count). The van der Waals surface area contributed by atoms with Gasteiger partial charge in [0.05, 0.1) is 12.7 Å². The van der Waals surface area contributed by atoms with Gasteiger partial charge in [-0.3, -0.25) is 4.79 Å². The van der Waals surface area contributed by atoms with E-state index in [1.807, 2.05) is 19.2 Å². The summed E-state index contributed by atoms with van der Waals surface area (Å²) in [5.74, 6) is -0.511. The molecule has 7 heteroatoms. The van der Waals surface area contributed by atoms with E-state index in [9.17, 15) is 14.4 Å². The van der Waals surface area contributed by atoms with Gasteiger partial charge in [0.25, 0.3) is 5.91 Å². The topological polar surface area (TPSA) is 81.7 Å². The number of nitrogens with one attached hydrogen (secondary N) is 1. The average Bonchev–Trinajstić information content (AvgIpc) is 2.74. The van der Waals surface area contributed by atoms with E-state index in [1.165, 1.54) is 7.11 Å². The Morgan fingerprint density at radius 1 is 1.07 bits per heavy atom. The van der Waals surface area contributed by atoms with Crippen molar-refractivity contribution in [3.63, 3.8) is 0 Å². The summed E-state index contributed by atoms with van der Waals surface area (Å²) in [6.45, 7) is 1.96. The van der Waals surface area contributed by atoms with Gasteiger partial charge in [-0.2, -0.15) is 11.8 Å². The average molecular weight is 416 g/mol. The number of esters is 2. The maximum Gasteiger partial charge on any atom is 0.337 e. The summed E-state index contributed by atoms with van der Waals surface area (Å²) >= 11 is 1.59. The van der Waals surface area contributed by atoms with Crippen molar-refractivity contribution in [1.29, 1.82) is 0 Å². The van der Waals surface area contributed by atoms with Crippen LogP contribution in [0.15, 0.2) is 48.5 Å². The van der Waals surface area contributed by atoms with E-state index >= 15 is 0 Å². The molecular weight excluding hydrogens is 390 g/mol. The molecule has 2 aromatic rings. The summed E-state index contributed by atoms with van der Waals surface area (Å²) in [4.78, 5) is 36.5. The molecule has 0 heterocycles. The first-order valence-electron chi connectivity index (χ1n) is 9.15. The standard InChI is InChI=1S/C22H25NO5S/c1-15-5-4-6-18(13-15)20(24)23-19(11-12-29-3)22(26)28-14-16-7-9-17(10-8-16)21(25)27-2/h4-10,13,19H,11-12,14H2,1-3H3,(H,23,24)/t19-/m1/s1. The summed E-state index contributed by atoms with van der Waals surface area (Å²) in [5, 5.41) is 2.78. The van der Waals surface area contributed by atoms with Gasteiger partial charge < -0.3 is 14.8 Å². The van der Waals surface area contributed by atoms with Gasteiger partial charge in [0.2, 0.25) is 0 Å². The van der Waals surface area contributed by atoms with Crippen molar-refractivity contribution < 1.29 is 23.9 Å². The van der Waals surface area contributed by atoms with Gasteiger partial charge in [-0.1, -0.05) is 29.8 Å². The fourth-order valence-electron chi connectivity index (χ4n) is 2.62. The van der Waals surface area contributed by atoms with E-state index in [-0.39, 0.29) is 12.5 Å². The Bertz CT molecular complexity index is 851. The molecule has 0 aliphatic rings. The lowest BCUT2D eigenvalue weighted by atomic mass is 10.1. The molecule has 0 saturated heterocycles. The van der Waals surface area contributed by atoms with Crippen molar-refractivity contribution in [2.24, 2.45) is 0 Å². The Kier molecular flexibility index (Phi) is 8.73. The van der Waals surface area contributed by atoms with Crippen LogP contribution in [0.4, 0.5) is 0 Å². The summed E-state index contributed by atoms with van der Waals surface area (Å²) in [6, 6.07) is 13.1. The predicted octanol–water partition coefficient (Wildman–Crippen LogP) is 3.38. The zero-order valence-electron chi connectivity index (χ0n) is 16.8. The second-order valence-electron chi connectivity index (χ2n) is 6.47. The second kappa shape index (κ2) is 11.3. The lowest BCUT2D eigenvalue weighted by molar-refractivity contribution is -0.147. The fraction of sp³-hybridized carbons (Fsp3) is 0.318. The van der Waals surface area contributed by atoms with Crippen LogP contribution in [0.2, 0.25) is 0 Å². The monoisotopic (exact) mass is 415 g/mol. The zero-order valence-corrected chi connectivity index (χ0v) is 17.6. The number of amides is 1. The summed E-state index contributed by atoms with van der Waals surface area (Å²) in [6.07, 6.45) is 2.41. The normalized spacial score (nSPS) is 11.4. The Morgan fingerprint density at radius 3 is 2.41 bits per heavy atom. The number of carbonyl (C=O) groups excluding carboxylic acids is 3. The van der Waals surface area contributed by atoms with Crippen LogP contribution in [0, 0.1) is 6.92 Å². The van der Waals surface area contributed by atoms with E-state index in [2.05, 4.69) is 10.1 Å². The van der Waals surface area contributed by atoms with Gasteiger partial charge >= 0.3 is 11.9 Å². The highest BCUT2D eigenvalue weighted by Crippen LogP contribution is 2.10. The van der Waals surface area contributed by atoms with Crippen LogP contribution in [-0.2, 0) is 20.9 Å². The third kappa shape index (κ3) is 6.94. The van der Waals surface area contributed by atoms with Crippen LogP contribution < -0.4 is 5.32 Å². The van der Waals surface area contributed by atoms with Crippen molar-refractivity contribution in [3.05, 3.63) is 70.8 Å². The number of thioether (sulfide) groups is 1. The fourth-order valence-corrected chi connectivity index (χ4v) is 3.09. The summed E-state index contributed by atoms with van der Waals surface area (Å²) in [7, 11) is 1.32. The van der Waals surface area contributed by atoms with Gasteiger partial charge in [-0.05, 0) is 55.2 Å². The van der Waals surface area contributed by atoms with Crippen LogP contribution in [0.5, 0.6) is 0 Å². The van der Waals surface area contributed by atoms with Crippen LogP contribution in [0.3, 0.4) is 0 Å². The molecule has 0 bridgehead atoms. The quantitative estimate of drug-likeness (QED) is 0.633. The molecule has 0 unspecified atom stereocenters. The molecule has 0 saturated carbocycles. The maximum absolute atomic E-state index is 12.6. The number of carbonyl (C=O) groups is 3. The molecule has 154 valence electrons. The maximum atomic E-state index is 12.6. The van der Waals surface area contributed by atoms with Crippen molar-refractivity contribution >= 4 is 29.6 Å². The summed E-state index contributed by atoms with van der Waals surface area (Å²) in [5.41, 5.74) is 2.63. The molecule has 1 amide bonds. The highest BCUT2D eigenvalue weighted by atomic mass is 32.2. The molecule has 6 nitrogen and oxygen atoms in total. The van der Waals surface area contributed by atoms with Gasteiger partial charge in [-0.25, -0.2) is 9.59 Å². The number of methoxy groups -OCH3 is 1. The number of benzene rings is 2. The Labute approximate surface area is 175 Å². The van der Waals surface area contributed by atoms with Crippen LogP contribution in [-0.4, -0.2) is 43.0 Å². The Balaban J connectivity index is 1.99. The SMILES string of the molecule is COC(=O)c1ccc(COC(=O)[C@@H](CCSC)NC(=O)c2cccc(C)c2)cc1. The van der Waals surface area contributed by atoms with Crippen LogP contribution in [0.1, 0.15) is 38.3 Å². The lowest BCUT2D eigenvalue weighted by Gasteiger charge is -2.17. The minimum absolute atomic E-state index is 0.0520. The largest absolute Gasteiger partial charge is 0.465 e. The Hall–Kier alpha value is -2.80. The summed E-state index contributed by atoms with van der Waals surface area (Å²) < 4.78 is 10.1. The van der Waals surface area contributed by atoms with Crippen molar-refractivity contribution in [1.82, 2.24) is 5.32 Å². The van der Waals surface area contributed by atoms with Gasteiger partial charge in [0, 0.05) is 5.56 Å². The van der Waals surface area contributed by atoms with Crippen molar-refractivity contribution in [3.8, 4) is 0 Å². The smallest absolute Gasteiger partial charge is 0.337 e. The molecule has 29 heavy (non-hydrogen) atoms. The molecule has 1 N–H and O–H groups in total. The molecular formula is C22H25NO5S. The minimum Gasteiger partial charge on any atom is -0.465 e. The zero-order chi connectivity index (χ0) is 21.2. The first kappa shape index (κ1) is 22.5. The minimum atomic E-state index is -0.732. The van der Waals surface area contributed by atoms with Gasteiger partial charge in [-0.15, -0.1) is 0 Å². The molecule has 0 aliphatic heterocycles. The molecule has 2 aromatic carbocycles. The van der Waals surface area contributed by atoms with Crippen molar-refractivity contribution in [2.75, 3.05) is 19.1 Å². The van der Waals surface area contributed by atoms with E-state index < -0.39 is 18.0 Å². The van der Waals surface area contributed by atoms with Crippen molar-refractivity contribution in [2.45, 2.75) is 26.0 Å². The van der Waals surface area contributed by atoms with E-state index in [4.69, 9.17) is 4.74 Å². The van der Waals surface area contributed by atoms with E-state index in [0.29, 0.717) is 23.3 Å². The lowest BCUT2D eigenvalue weighted by Crippen LogP contribution is -2.42. The van der Waals surface area contributed by atoms with Crippen LogP contribution in [0.25, 0.3) is 0 Å². The van der Waals surface area contributed by atoms with Gasteiger partial charge in [0.1, 0.15) is 12.6 Å². The molecule has 0 spiro atoms. The third-order valence-electron chi connectivity index (χ3n) is 4.24. The predicted molar refractivity (Wildman–Crippen MR) is 113 cm³/mol. The molecule has 1 atom stereocenters. The molecule has 0 aromatic heterocycles. The number of rotatable bonds is 9. The number of hydrogen-bond acceptors (Lipinski definition) is 6. The highest BCUT2D eigenvalue weighted by Gasteiger charge is 2.22. The number of hydrogen-bond donors (Lipinski definition) is 1. The van der Waals surface area contributed by atoms with Gasteiger partial charge in [0.15, 0.2) is 0 Å². The third-order valence-corrected chi connectivity index (χ3v) is 4.88. The van der Waals surface area contributed by atoms with Crippen LogP contribution >= 0.6 is 11.8 Å². The number of aryl methyl sites for hydroxylation is 1. The first-order chi connectivity index (χ1) is 13.9. The van der Waals surface area contributed by atoms with E-state index in [0.717, 1.165) is 11.1 Å². The first-order valence-corrected chi connectivity index (χ1v) is 10.5. The molecule has 0 aliphatic carbocycles. The highest BCUT2D eigenvalue weighted by molar-refractivity contribution is 7.98. The number of ether oxygens (including phenoxy) is 2.